The van der Waals surface area contributed by atoms with Crippen LogP contribution in [0.3, 0.4) is 0 Å². The highest BCUT2D eigenvalue weighted by molar-refractivity contribution is 7.12. The van der Waals surface area contributed by atoms with Gasteiger partial charge in [-0.05, 0) is 104 Å². The van der Waals surface area contributed by atoms with E-state index < -0.39 is 5.41 Å². The standard InChI is InChI=1S/C59H35B2NO3/c1-6-20-45-39(15-1)40-16-2-7-21-46(40)59(45)47-22-8-3-17-41(47)44-35-37(31-34-48(44)59)61-56-43-19-5-12-26-52(43)64-57(56)60(55-42-18-4-11-25-51(42)65-58(55)61)36-29-32-38(33-30-36)62-49-23-9-13-27-53(49)63-54-28-14-10-24-50(54)62/h1-35H. The predicted octanol–water partition coefficient (Wildman–Crippen LogP) is 10.4. The number of hydrogen-bond acceptors (Lipinski definition) is 4. The van der Waals surface area contributed by atoms with Crippen LogP contribution in [0.5, 0.6) is 11.5 Å². The van der Waals surface area contributed by atoms with Crippen LogP contribution in [0, 0.1) is 0 Å². The molecule has 4 nitrogen and oxygen atoms in total. The Bertz CT molecular complexity index is 3710. The Hall–Kier alpha value is -8.21. The molecule has 0 amide bonds. The molecule has 300 valence electrons. The summed E-state index contributed by atoms with van der Waals surface area (Å²) in [5, 5.41) is 2.21. The van der Waals surface area contributed by atoms with Gasteiger partial charge >= 0.3 is 0 Å². The van der Waals surface area contributed by atoms with Crippen molar-refractivity contribution in [1.29, 1.82) is 0 Å². The molecule has 4 heterocycles. The molecule has 0 bridgehead atoms. The second-order valence-electron chi connectivity index (χ2n) is 17.8. The van der Waals surface area contributed by atoms with E-state index in [0.29, 0.717) is 0 Å². The van der Waals surface area contributed by atoms with Gasteiger partial charge in [0, 0.05) is 16.5 Å². The molecule has 4 aliphatic rings. The summed E-state index contributed by atoms with van der Waals surface area (Å²) in [5.41, 5.74) is 21.5. The zero-order chi connectivity index (χ0) is 42.4. The summed E-state index contributed by atoms with van der Waals surface area (Å²) in [4.78, 5) is 2.29. The maximum absolute atomic E-state index is 7.19. The lowest BCUT2D eigenvalue weighted by atomic mass is 9.24. The fraction of sp³-hybridized carbons (Fsp3) is 0.0169. The Morgan fingerprint density at radius 2 is 0.800 bits per heavy atom. The van der Waals surface area contributed by atoms with E-state index >= 15 is 0 Å². The first-order valence-electron chi connectivity index (χ1n) is 22.5. The van der Waals surface area contributed by atoms with Gasteiger partial charge in [0.2, 0.25) is 0 Å². The van der Waals surface area contributed by atoms with Crippen LogP contribution in [0.1, 0.15) is 22.3 Å². The van der Waals surface area contributed by atoms with E-state index in [4.69, 9.17) is 13.6 Å². The van der Waals surface area contributed by atoms with E-state index in [2.05, 4.69) is 193 Å². The van der Waals surface area contributed by atoms with Gasteiger partial charge in [-0.25, -0.2) is 0 Å². The molecule has 0 unspecified atom stereocenters. The Balaban J connectivity index is 0.940. The minimum Gasteiger partial charge on any atom is -0.471 e. The highest BCUT2D eigenvalue weighted by Gasteiger charge is 2.53. The van der Waals surface area contributed by atoms with Crippen molar-refractivity contribution in [2.24, 2.45) is 0 Å². The van der Waals surface area contributed by atoms with Crippen molar-refractivity contribution in [1.82, 2.24) is 0 Å². The molecule has 65 heavy (non-hydrogen) atoms. The maximum Gasteiger partial charge on any atom is 0.290 e. The monoisotopic (exact) mass is 827 g/mol. The van der Waals surface area contributed by atoms with Crippen molar-refractivity contribution < 1.29 is 13.6 Å². The first kappa shape index (κ1) is 35.3. The summed E-state index contributed by atoms with van der Waals surface area (Å²) >= 11 is 0. The third-order valence-electron chi connectivity index (χ3n) is 14.7. The molecule has 15 rings (SSSR count). The quantitative estimate of drug-likeness (QED) is 0.166. The van der Waals surface area contributed by atoms with Gasteiger partial charge in [-0.1, -0.05) is 175 Å². The van der Waals surface area contributed by atoms with Crippen molar-refractivity contribution >= 4 is 85.6 Å². The molecular formula is C59H35B2NO3. The van der Waals surface area contributed by atoms with Gasteiger partial charge in [-0.2, -0.15) is 0 Å². The largest absolute Gasteiger partial charge is 0.471 e. The number of hydrogen-bond donors (Lipinski definition) is 0. The van der Waals surface area contributed by atoms with Crippen molar-refractivity contribution in [2.45, 2.75) is 5.41 Å². The topological polar surface area (TPSA) is 38.8 Å². The lowest BCUT2D eigenvalue weighted by Gasteiger charge is -2.33. The molecule has 11 aromatic rings. The van der Waals surface area contributed by atoms with Crippen LogP contribution in [-0.4, -0.2) is 13.4 Å². The van der Waals surface area contributed by atoms with Gasteiger partial charge in [0.05, 0.1) is 28.1 Å². The van der Waals surface area contributed by atoms with Crippen molar-refractivity contribution in [2.75, 3.05) is 4.90 Å². The average Bonchev–Trinajstić information content (AvgIpc) is 4.11. The van der Waals surface area contributed by atoms with Crippen molar-refractivity contribution in [3.05, 3.63) is 235 Å². The van der Waals surface area contributed by atoms with Crippen molar-refractivity contribution in [3.63, 3.8) is 0 Å². The number of benzene rings is 9. The number of nitrogens with zero attached hydrogens (tertiary/aromatic N) is 1. The van der Waals surface area contributed by atoms with Gasteiger partial charge in [-0.15, -0.1) is 0 Å². The summed E-state index contributed by atoms with van der Waals surface area (Å²) in [7, 11) is 0. The van der Waals surface area contributed by atoms with E-state index in [1.165, 1.54) is 50.0 Å². The SMILES string of the molecule is c1ccc2c(c1)Oc1ccccc1N2c1ccc(B2c3oc4ccccc4c3B(c3ccc4c(c3)-c3ccccc3C43c4ccccc4-c4ccccc43)c3oc4ccccc4c32)cc1. The summed E-state index contributed by atoms with van der Waals surface area (Å²) in [6, 6.07) is 76.8. The molecule has 6 heteroatoms. The van der Waals surface area contributed by atoms with Crippen LogP contribution in [0.4, 0.5) is 17.1 Å². The van der Waals surface area contributed by atoms with E-state index in [-0.39, 0.29) is 13.4 Å². The first-order valence-corrected chi connectivity index (χ1v) is 22.5. The molecule has 0 radical (unpaired) electrons. The van der Waals surface area contributed by atoms with Crippen LogP contribution in [0.2, 0.25) is 0 Å². The fourth-order valence-electron chi connectivity index (χ4n) is 12.2. The van der Waals surface area contributed by atoms with E-state index in [9.17, 15) is 0 Å². The highest BCUT2D eigenvalue weighted by Crippen LogP contribution is 2.62. The zero-order valence-electron chi connectivity index (χ0n) is 35.0. The minimum atomic E-state index is -0.412. The van der Waals surface area contributed by atoms with Gasteiger partial charge < -0.3 is 18.5 Å². The van der Waals surface area contributed by atoms with E-state index in [1.807, 2.05) is 24.3 Å². The zero-order valence-corrected chi connectivity index (χ0v) is 35.0. The molecule has 0 N–H and O–H groups in total. The van der Waals surface area contributed by atoms with Gasteiger partial charge in [0.15, 0.2) is 11.5 Å². The molecular weight excluding hydrogens is 792 g/mol. The van der Waals surface area contributed by atoms with E-state index in [1.54, 1.807) is 0 Å². The molecule has 0 saturated carbocycles. The third kappa shape index (κ3) is 4.58. The third-order valence-corrected chi connectivity index (χ3v) is 14.7. The van der Waals surface area contributed by atoms with Gasteiger partial charge in [0.25, 0.3) is 13.4 Å². The molecule has 0 fully saturated rings. The molecule has 9 aromatic carbocycles. The number of anilines is 3. The minimum absolute atomic E-state index is 0.212. The Morgan fingerprint density at radius 1 is 0.369 bits per heavy atom. The fourth-order valence-corrected chi connectivity index (χ4v) is 12.2. The Labute approximate surface area is 376 Å². The number of ether oxygens (including phenoxy) is 1. The molecule has 2 aliphatic carbocycles. The summed E-state index contributed by atoms with van der Waals surface area (Å²) in [6.45, 7) is -0.430. The molecule has 1 spiro atoms. The number of furan rings is 2. The maximum atomic E-state index is 7.19. The van der Waals surface area contributed by atoms with Crippen LogP contribution in [0.25, 0.3) is 44.2 Å². The smallest absolute Gasteiger partial charge is 0.290 e. The summed E-state index contributed by atoms with van der Waals surface area (Å²) in [5.74, 6) is 1.66. The average molecular weight is 828 g/mol. The second kappa shape index (κ2) is 12.9. The van der Waals surface area contributed by atoms with E-state index in [0.717, 1.165) is 78.2 Å². The predicted molar refractivity (Wildman–Crippen MR) is 266 cm³/mol. The van der Waals surface area contributed by atoms with Gasteiger partial charge in [0.1, 0.15) is 11.2 Å². The lowest BCUT2D eigenvalue weighted by molar-refractivity contribution is 0.477. The molecule has 0 atom stereocenters. The van der Waals surface area contributed by atoms with Crippen molar-refractivity contribution in [3.8, 4) is 33.8 Å². The Morgan fingerprint density at radius 3 is 1.37 bits per heavy atom. The summed E-state index contributed by atoms with van der Waals surface area (Å²) < 4.78 is 20.7. The molecule has 2 aromatic heterocycles. The number of fused-ring (bicyclic) bond motifs is 18. The number of para-hydroxylation sites is 6. The summed E-state index contributed by atoms with van der Waals surface area (Å²) in [6.07, 6.45) is 0. The molecule has 0 saturated heterocycles. The molecule has 2 aliphatic heterocycles. The first-order chi connectivity index (χ1) is 32.3. The van der Waals surface area contributed by atoms with Crippen LogP contribution >= 0.6 is 0 Å². The second-order valence-corrected chi connectivity index (χ2v) is 17.8. The number of rotatable bonds is 3. The lowest BCUT2D eigenvalue weighted by Crippen LogP contribution is -2.73. The van der Waals surface area contributed by atoms with Crippen LogP contribution in [-0.2, 0) is 5.41 Å². The van der Waals surface area contributed by atoms with Crippen LogP contribution in [0.15, 0.2) is 221 Å². The Kier molecular flexibility index (Phi) is 7.02. The van der Waals surface area contributed by atoms with Gasteiger partial charge in [-0.3, -0.25) is 0 Å². The highest BCUT2D eigenvalue weighted by atomic mass is 16.5. The normalized spacial score (nSPS) is 14.3. The van der Waals surface area contributed by atoms with Crippen LogP contribution < -0.4 is 42.8 Å².